The molecule has 0 saturated heterocycles. The van der Waals surface area contributed by atoms with Crippen molar-refractivity contribution in [1.29, 1.82) is 5.26 Å². The molecule has 1 unspecified atom stereocenters. The summed E-state index contributed by atoms with van der Waals surface area (Å²) in [5.41, 5.74) is 2.19. The van der Waals surface area contributed by atoms with E-state index in [1.165, 1.54) is 5.56 Å². The van der Waals surface area contributed by atoms with Crippen molar-refractivity contribution >= 4 is 5.69 Å². The smallest absolute Gasteiger partial charge is 0.142 e. The first-order valence-electron chi connectivity index (χ1n) is 4.66. The second kappa shape index (κ2) is 3.59. The average Bonchev–Trinajstić information content (AvgIpc) is 2.17. The first-order chi connectivity index (χ1) is 6.79. The van der Waals surface area contributed by atoms with Crippen molar-refractivity contribution < 1.29 is 4.74 Å². The Morgan fingerprint density at radius 2 is 2.50 bits per heavy atom. The standard InChI is InChI=1S/C11H12N2O/c1-8-2-3-11-10(6-8)13-9(4-5-12)7-14-11/h2-3,6,9,13H,4,7H2,1H3. The Hall–Kier alpha value is -1.69. The van der Waals surface area contributed by atoms with Gasteiger partial charge in [0.05, 0.1) is 24.2 Å². The lowest BCUT2D eigenvalue weighted by atomic mass is 10.1. The van der Waals surface area contributed by atoms with E-state index in [-0.39, 0.29) is 6.04 Å². The molecule has 1 atom stereocenters. The van der Waals surface area contributed by atoms with E-state index in [2.05, 4.69) is 11.4 Å². The highest BCUT2D eigenvalue weighted by molar-refractivity contribution is 5.59. The molecule has 0 fully saturated rings. The number of benzene rings is 1. The van der Waals surface area contributed by atoms with Crippen molar-refractivity contribution in [3.63, 3.8) is 0 Å². The number of hydrogen-bond acceptors (Lipinski definition) is 3. The third kappa shape index (κ3) is 1.64. The third-order valence-corrected chi connectivity index (χ3v) is 2.27. The van der Waals surface area contributed by atoms with Gasteiger partial charge in [-0.2, -0.15) is 5.26 Å². The van der Waals surface area contributed by atoms with Gasteiger partial charge in [-0.05, 0) is 24.6 Å². The molecule has 1 aromatic carbocycles. The number of hydrogen-bond donors (Lipinski definition) is 1. The van der Waals surface area contributed by atoms with Gasteiger partial charge >= 0.3 is 0 Å². The molecule has 0 aliphatic carbocycles. The van der Waals surface area contributed by atoms with Gasteiger partial charge < -0.3 is 10.1 Å². The zero-order valence-corrected chi connectivity index (χ0v) is 8.08. The highest BCUT2D eigenvalue weighted by Crippen LogP contribution is 2.29. The Labute approximate surface area is 83.3 Å². The van der Waals surface area contributed by atoms with Crippen LogP contribution in [0.2, 0.25) is 0 Å². The molecule has 0 amide bonds. The lowest BCUT2D eigenvalue weighted by Crippen LogP contribution is -2.30. The minimum atomic E-state index is 0.120. The van der Waals surface area contributed by atoms with Crippen LogP contribution in [-0.2, 0) is 0 Å². The summed E-state index contributed by atoms with van der Waals surface area (Å²) in [6.07, 6.45) is 0.480. The number of anilines is 1. The van der Waals surface area contributed by atoms with Crippen LogP contribution in [0.25, 0.3) is 0 Å². The van der Waals surface area contributed by atoms with Crippen LogP contribution >= 0.6 is 0 Å². The molecule has 14 heavy (non-hydrogen) atoms. The summed E-state index contributed by atoms with van der Waals surface area (Å²) < 4.78 is 5.53. The molecule has 72 valence electrons. The van der Waals surface area contributed by atoms with Gasteiger partial charge in [0.1, 0.15) is 12.4 Å². The van der Waals surface area contributed by atoms with Crippen LogP contribution in [-0.4, -0.2) is 12.6 Å². The van der Waals surface area contributed by atoms with Gasteiger partial charge in [0, 0.05) is 0 Å². The number of nitrogens with one attached hydrogen (secondary N) is 1. The first-order valence-corrected chi connectivity index (χ1v) is 4.66. The molecule has 1 aliphatic heterocycles. The molecule has 0 saturated carbocycles. The van der Waals surface area contributed by atoms with Gasteiger partial charge in [0.2, 0.25) is 0 Å². The number of fused-ring (bicyclic) bond motifs is 1. The van der Waals surface area contributed by atoms with Crippen molar-refractivity contribution in [2.45, 2.75) is 19.4 Å². The molecular weight excluding hydrogens is 176 g/mol. The van der Waals surface area contributed by atoms with E-state index >= 15 is 0 Å². The van der Waals surface area contributed by atoms with Crippen LogP contribution in [0.5, 0.6) is 5.75 Å². The quantitative estimate of drug-likeness (QED) is 0.733. The Morgan fingerprint density at radius 3 is 3.29 bits per heavy atom. The lowest BCUT2D eigenvalue weighted by Gasteiger charge is -2.26. The molecule has 0 aromatic heterocycles. The summed E-state index contributed by atoms with van der Waals surface area (Å²) in [7, 11) is 0. The topological polar surface area (TPSA) is 45.0 Å². The second-order valence-corrected chi connectivity index (χ2v) is 3.51. The van der Waals surface area contributed by atoms with Gasteiger partial charge in [0.25, 0.3) is 0 Å². The fourth-order valence-electron chi connectivity index (χ4n) is 1.55. The second-order valence-electron chi connectivity index (χ2n) is 3.51. The molecule has 1 N–H and O–H groups in total. The van der Waals surface area contributed by atoms with Crippen LogP contribution in [0.3, 0.4) is 0 Å². The SMILES string of the molecule is Cc1ccc2c(c1)NC(CC#N)CO2. The average molecular weight is 188 g/mol. The fraction of sp³-hybridized carbons (Fsp3) is 0.364. The predicted molar refractivity (Wildman–Crippen MR) is 54.3 cm³/mol. The van der Waals surface area contributed by atoms with Gasteiger partial charge in [-0.25, -0.2) is 0 Å². The molecule has 1 aliphatic rings. The highest BCUT2D eigenvalue weighted by Gasteiger charge is 2.17. The maximum absolute atomic E-state index is 8.58. The number of aryl methyl sites for hydroxylation is 1. The maximum Gasteiger partial charge on any atom is 0.142 e. The summed E-state index contributed by atoms with van der Waals surface area (Å²) in [6, 6.07) is 8.28. The molecule has 0 radical (unpaired) electrons. The molecular formula is C11H12N2O. The van der Waals surface area contributed by atoms with Crippen molar-refractivity contribution in [2.24, 2.45) is 0 Å². The van der Waals surface area contributed by atoms with E-state index in [1.54, 1.807) is 0 Å². The number of rotatable bonds is 1. The molecule has 1 aromatic rings. The van der Waals surface area contributed by atoms with E-state index in [9.17, 15) is 0 Å². The van der Waals surface area contributed by atoms with Crippen molar-refractivity contribution in [2.75, 3.05) is 11.9 Å². The Kier molecular flexibility index (Phi) is 2.28. The molecule has 0 spiro atoms. The summed E-state index contributed by atoms with van der Waals surface area (Å²) in [5, 5.41) is 11.9. The lowest BCUT2D eigenvalue weighted by molar-refractivity contribution is 0.285. The largest absolute Gasteiger partial charge is 0.489 e. The van der Waals surface area contributed by atoms with E-state index in [1.807, 2.05) is 25.1 Å². The summed E-state index contributed by atoms with van der Waals surface area (Å²) >= 11 is 0. The number of nitriles is 1. The first kappa shape index (κ1) is 8.89. The molecule has 3 heteroatoms. The van der Waals surface area contributed by atoms with Crippen molar-refractivity contribution in [1.82, 2.24) is 0 Å². The van der Waals surface area contributed by atoms with Crippen LogP contribution < -0.4 is 10.1 Å². The van der Waals surface area contributed by atoms with E-state index in [0.29, 0.717) is 13.0 Å². The minimum absolute atomic E-state index is 0.120. The highest BCUT2D eigenvalue weighted by atomic mass is 16.5. The van der Waals surface area contributed by atoms with Crippen LogP contribution in [0.4, 0.5) is 5.69 Å². The van der Waals surface area contributed by atoms with Crippen molar-refractivity contribution in [3.8, 4) is 11.8 Å². The van der Waals surface area contributed by atoms with E-state index in [4.69, 9.17) is 10.00 Å². The number of nitrogens with zero attached hydrogens (tertiary/aromatic N) is 1. The Morgan fingerprint density at radius 1 is 1.64 bits per heavy atom. The zero-order valence-electron chi connectivity index (χ0n) is 8.08. The normalized spacial score (nSPS) is 18.7. The van der Waals surface area contributed by atoms with Gasteiger partial charge in [-0.3, -0.25) is 0 Å². The maximum atomic E-state index is 8.58. The van der Waals surface area contributed by atoms with Crippen LogP contribution in [0, 0.1) is 18.3 Å². The Balaban J connectivity index is 2.21. The van der Waals surface area contributed by atoms with Crippen molar-refractivity contribution in [3.05, 3.63) is 23.8 Å². The van der Waals surface area contributed by atoms with Gasteiger partial charge in [-0.15, -0.1) is 0 Å². The van der Waals surface area contributed by atoms with E-state index < -0.39 is 0 Å². The summed E-state index contributed by atoms with van der Waals surface area (Å²) in [6.45, 7) is 2.61. The third-order valence-electron chi connectivity index (χ3n) is 2.27. The Bertz CT molecular complexity index is 381. The van der Waals surface area contributed by atoms with Gasteiger partial charge in [-0.1, -0.05) is 6.07 Å². The molecule has 1 heterocycles. The zero-order chi connectivity index (χ0) is 9.97. The van der Waals surface area contributed by atoms with Gasteiger partial charge in [0.15, 0.2) is 0 Å². The molecule has 0 bridgehead atoms. The summed E-state index contributed by atoms with van der Waals surface area (Å²) in [4.78, 5) is 0. The predicted octanol–water partition coefficient (Wildman–Crippen LogP) is 2.08. The van der Waals surface area contributed by atoms with E-state index in [0.717, 1.165) is 11.4 Å². The summed E-state index contributed by atoms with van der Waals surface area (Å²) in [5.74, 6) is 0.879. The minimum Gasteiger partial charge on any atom is -0.489 e. The molecule has 2 rings (SSSR count). The molecule has 3 nitrogen and oxygen atoms in total. The monoisotopic (exact) mass is 188 g/mol. The fourth-order valence-corrected chi connectivity index (χ4v) is 1.55. The van der Waals surface area contributed by atoms with Crippen LogP contribution in [0.15, 0.2) is 18.2 Å². The number of ether oxygens (including phenoxy) is 1. The van der Waals surface area contributed by atoms with Crippen LogP contribution in [0.1, 0.15) is 12.0 Å².